The zero-order chi connectivity index (χ0) is 20.2. The van der Waals surface area contributed by atoms with Crippen molar-refractivity contribution in [3.8, 4) is 0 Å². The fourth-order valence-corrected chi connectivity index (χ4v) is 3.93. The van der Waals surface area contributed by atoms with Crippen LogP contribution < -0.4 is 5.32 Å². The van der Waals surface area contributed by atoms with Gasteiger partial charge in [-0.05, 0) is 30.5 Å². The van der Waals surface area contributed by atoms with Gasteiger partial charge in [0.1, 0.15) is 5.52 Å². The van der Waals surface area contributed by atoms with Crippen molar-refractivity contribution in [1.82, 2.24) is 15.2 Å². The van der Waals surface area contributed by atoms with Crippen LogP contribution in [-0.2, 0) is 9.59 Å². The molecule has 6 nitrogen and oxygen atoms in total. The molecule has 2 aromatic carbocycles. The number of piperidine rings is 1. The number of benzene rings is 2. The lowest BCUT2D eigenvalue weighted by atomic mass is 9.95. The Morgan fingerprint density at radius 3 is 2.48 bits per heavy atom. The molecule has 6 heteroatoms. The van der Waals surface area contributed by atoms with E-state index >= 15 is 0 Å². The van der Waals surface area contributed by atoms with Crippen molar-refractivity contribution in [1.29, 1.82) is 0 Å². The number of carbonyl (C=O) groups excluding carboxylic acids is 2. The van der Waals surface area contributed by atoms with Crippen molar-refractivity contribution in [3.05, 3.63) is 66.1 Å². The average Bonchev–Trinajstić information content (AvgIpc) is 3.18. The van der Waals surface area contributed by atoms with Crippen LogP contribution in [0.5, 0.6) is 0 Å². The van der Waals surface area contributed by atoms with Crippen molar-refractivity contribution < 1.29 is 14.0 Å². The third kappa shape index (κ3) is 4.47. The molecule has 1 N–H and O–H groups in total. The highest BCUT2D eigenvalue weighted by Gasteiger charge is 2.28. The Morgan fingerprint density at radius 2 is 1.79 bits per heavy atom. The number of amides is 2. The van der Waals surface area contributed by atoms with Gasteiger partial charge in [-0.3, -0.25) is 9.59 Å². The number of rotatable bonds is 5. The molecule has 0 bridgehead atoms. The fraction of sp³-hybridized carbons (Fsp3) is 0.348. The maximum Gasteiger partial charge on any atom is 0.224 e. The van der Waals surface area contributed by atoms with E-state index in [0.29, 0.717) is 13.1 Å². The molecule has 1 aliphatic rings. The maximum atomic E-state index is 12.9. The van der Waals surface area contributed by atoms with Crippen LogP contribution >= 0.6 is 0 Å². The van der Waals surface area contributed by atoms with E-state index in [1.165, 1.54) is 6.92 Å². The van der Waals surface area contributed by atoms with Gasteiger partial charge in [0.15, 0.2) is 11.5 Å². The molecule has 150 valence electrons. The first kappa shape index (κ1) is 19.2. The second-order valence-corrected chi connectivity index (χ2v) is 7.54. The lowest BCUT2D eigenvalue weighted by Gasteiger charge is -2.32. The largest absolute Gasteiger partial charge is 0.440 e. The Kier molecular flexibility index (Phi) is 5.60. The van der Waals surface area contributed by atoms with E-state index in [1.54, 1.807) is 0 Å². The van der Waals surface area contributed by atoms with Crippen LogP contribution in [0.2, 0.25) is 0 Å². The Morgan fingerprint density at radius 1 is 1.10 bits per heavy atom. The normalized spacial score (nSPS) is 16.0. The molecule has 1 saturated heterocycles. The van der Waals surface area contributed by atoms with Crippen LogP contribution in [0.15, 0.2) is 59.0 Å². The van der Waals surface area contributed by atoms with Gasteiger partial charge >= 0.3 is 0 Å². The lowest BCUT2D eigenvalue weighted by Crippen LogP contribution is -2.40. The summed E-state index contributed by atoms with van der Waals surface area (Å²) in [4.78, 5) is 31.0. The molecule has 2 heterocycles. The molecule has 1 aliphatic heterocycles. The van der Waals surface area contributed by atoms with Crippen LogP contribution in [0.25, 0.3) is 11.1 Å². The number of oxazole rings is 1. The molecule has 0 spiro atoms. The SMILES string of the molecule is CC(=O)N[C@@H](CC(=O)N1CCC(c2nc3ccccc3o2)CC1)c1ccccc1. The molecular formula is C23H25N3O3. The number of hydrogen-bond donors (Lipinski definition) is 1. The summed E-state index contributed by atoms with van der Waals surface area (Å²) < 4.78 is 5.91. The summed E-state index contributed by atoms with van der Waals surface area (Å²) in [6, 6.07) is 17.1. The predicted octanol–water partition coefficient (Wildman–Crippen LogP) is 3.80. The third-order valence-electron chi connectivity index (χ3n) is 5.47. The summed E-state index contributed by atoms with van der Waals surface area (Å²) in [5.74, 6) is 0.912. The van der Waals surface area contributed by atoms with Crippen LogP contribution in [0.3, 0.4) is 0 Å². The number of aromatic nitrogens is 1. The molecular weight excluding hydrogens is 366 g/mol. The third-order valence-corrected chi connectivity index (χ3v) is 5.47. The molecule has 0 saturated carbocycles. The number of nitrogens with one attached hydrogen (secondary N) is 1. The summed E-state index contributed by atoms with van der Waals surface area (Å²) in [5.41, 5.74) is 2.63. The molecule has 1 aromatic heterocycles. The van der Waals surface area contributed by atoms with Crippen molar-refractivity contribution in [2.24, 2.45) is 0 Å². The smallest absolute Gasteiger partial charge is 0.224 e. The van der Waals surface area contributed by atoms with Gasteiger partial charge in [-0.15, -0.1) is 0 Å². The van der Waals surface area contributed by atoms with Crippen LogP contribution in [0, 0.1) is 0 Å². The van der Waals surface area contributed by atoms with Gasteiger partial charge in [0.25, 0.3) is 0 Å². The van der Waals surface area contributed by atoms with Gasteiger partial charge < -0.3 is 14.6 Å². The molecule has 4 rings (SSSR count). The second kappa shape index (κ2) is 8.47. The molecule has 3 aromatic rings. The number of para-hydroxylation sites is 2. The first-order valence-electron chi connectivity index (χ1n) is 10.1. The van der Waals surface area contributed by atoms with Crippen LogP contribution in [0.1, 0.15) is 49.6 Å². The fourth-order valence-electron chi connectivity index (χ4n) is 3.93. The van der Waals surface area contributed by atoms with E-state index in [-0.39, 0.29) is 30.2 Å². The number of carbonyl (C=O) groups is 2. The Balaban J connectivity index is 1.38. The van der Waals surface area contributed by atoms with Crippen molar-refractivity contribution in [2.45, 2.75) is 38.1 Å². The van der Waals surface area contributed by atoms with Gasteiger partial charge in [-0.2, -0.15) is 0 Å². The van der Waals surface area contributed by atoms with Crippen molar-refractivity contribution >= 4 is 22.9 Å². The summed E-state index contributed by atoms with van der Waals surface area (Å²) in [5, 5.41) is 2.90. The van der Waals surface area contributed by atoms with Gasteiger partial charge in [0.2, 0.25) is 11.8 Å². The van der Waals surface area contributed by atoms with E-state index in [1.807, 2.05) is 59.5 Å². The lowest BCUT2D eigenvalue weighted by molar-refractivity contribution is -0.133. The standard InChI is InChI=1S/C23H25N3O3/c1-16(27)24-20(17-7-3-2-4-8-17)15-22(28)26-13-11-18(12-14-26)23-25-19-9-5-6-10-21(19)29-23/h2-10,18,20H,11-15H2,1H3,(H,24,27)/t20-/m0/s1. The average molecular weight is 391 g/mol. The predicted molar refractivity (Wildman–Crippen MR) is 110 cm³/mol. The molecule has 0 aliphatic carbocycles. The number of nitrogens with zero attached hydrogens (tertiary/aromatic N) is 2. The molecule has 0 unspecified atom stereocenters. The minimum atomic E-state index is -0.309. The van der Waals surface area contributed by atoms with E-state index < -0.39 is 0 Å². The molecule has 29 heavy (non-hydrogen) atoms. The van der Waals surface area contributed by atoms with Crippen molar-refractivity contribution in [2.75, 3.05) is 13.1 Å². The van der Waals surface area contributed by atoms with Gasteiger partial charge in [0, 0.05) is 25.9 Å². The zero-order valence-corrected chi connectivity index (χ0v) is 16.5. The summed E-state index contributed by atoms with van der Waals surface area (Å²) >= 11 is 0. The van der Waals surface area contributed by atoms with Gasteiger partial charge in [0.05, 0.1) is 12.5 Å². The number of fused-ring (bicyclic) bond motifs is 1. The molecule has 0 radical (unpaired) electrons. The van der Waals surface area contributed by atoms with Crippen LogP contribution in [-0.4, -0.2) is 34.8 Å². The van der Waals surface area contributed by atoms with Gasteiger partial charge in [-0.25, -0.2) is 4.98 Å². The molecule has 1 fully saturated rings. The van der Waals surface area contributed by atoms with Crippen molar-refractivity contribution in [3.63, 3.8) is 0 Å². The Hall–Kier alpha value is -3.15. The number of likely N-dealkylation sites (tertiary alicyclic amines) is 1. The first-order valence-corrected chi connectivity index (χ1v) is 10.1. The minimum Gasteiger partial charge on any atom is -0.440 e. The van der Waals surface area contributed by atoms with Gasteiger partial charge in [-0.1, -0.05) is 42.5 Å². The summed E-state index contributed by atoms with van der Waals surface area (Å²) in [7, 11) is 0. The second-order valence-electron chi connectivity index (χ2n) is 7.54. The highest BCUT2D eigenvalue weighted by molar-refractivity contribution is 5.79. The zero-order valence-electron chi connectivity index (χ0n) is 16.5. The Labute approximate surface area is 169 Å². The molecule has 1 atom stereocenters. The highest BCUT2D eigenvalue weighted by Crippen LogP contribution is 2.30. The van der Waals surface area contributed by atoms with E-state index in [9.17, 15) is 9.59 Å². The monoisotopic (exact) mass is 391 g/mol. The van der Waals surface area contributed by atoms with E-state index in [0.717, 1.165) is 35.4 Å². The van der Waals surface area contributed by atoms with E-state index in [4.69, 9.17) is 4.42 Å². The quantitative estimate of drug-likeness (QED) is 0.718. The number of hydrogen-bond acceptors (Lipinski definition) is 4. The van der Waals surface area contributed by atoms with E-state index in [2.05, 4.69) is 10.3 Å². The Bertz CT molecular complexity index is 958. The summed E-state index contributed by atoms with van der Waals surface area (Å²) in [6.45, 7) is 2.82. The maximum absolute atomic E-state index is 12.9. The highest BCUT2D eigenvalue weighted by atomic mass is 16.3. The van der Waals surface area contributed by atoms with Crippen LogP contribution in [0.4, 0.5) is 0 Å². The first-order chi connectivity index (χ1) is 14.1. The minimum absolute atomic E-state index is 0.0589. The topological polar surface area (TPSA) is 75.4 Å². The summed E-state index contributed by atoms with van der Waals surface area (Å²) in [6.07, 6.45) is 1.92. The molecule has 2 amide bonds.